The van der Waals surface area contributed by atoms with Crippen LogP contribution in [0.3, 0.4) is 0 Å². The Bertz CT molecular complexity index is 1130. The lowest BCUT2D eigenvalue weighted by Crippen LogP contribution is -2.25. The third-order valence-corrected chi connectivity index (χ3v) is 4.85. The van der Waals surface area contributed by atoms with Crippen LogP contribution in [0.5, 0.6) is 11.5 Å². The van der Waals surface area contributed by atoms with Crippen molar-refractivity contribution in [2.24, 2.45) is 5.73 Å². The van der Waals surface area contributed by atoms with Crippen molar-refractivity contribution in [3.05, 3.63) is 65.9 Å². The summed E-state index contributed by atoms with van der Waals surface area (Å²) in [6.45, 7) is -0.279. The van der Waals surface area contributed by atoms with Gasteiger partial charge in [0.1, 0.15) is 18.0 Å². The second-order valence-electron chi connectivity index (χ2n) is 6.77. The number of carbonyl (C=O) groups excluding carboxylic acids is 2. The van der Waals surface area contributed by atoms with Crippen LogP contribution in [-0.4, -0.2) is 35.1 Å². The zero-order valence-corrected chi connectivity index (χ0v) is 16.1. The van der Waals surface area contributed by atoms with Gasteiger partial charge in [-0.15, -0.1) is 0 Å². The van der Waals surface area contributed by atoms with Gasteiger partial charge < -0.3 is 20.5 Å². The fourth-order valence-electron chi connectivity index (χ4n) is 3.48. The molecule has 1 aliphatic rings. The minimum absolute atomic E-state index is 0.173. The standard InChI is InChI=1S/C21H19FN4O4/c1-29-17-8-12(6-7-16(17)30-10-18(23)27)13-9-19(28)25-21-20(13)24-11-26(21)15-5-3-2-4-14(15)22/h2-8,11,13H,9-10H2,1H3,(H2,23,27)(H,25,28)/t13-/m0/s1. The molecule has 9 heteroatoms. The highest BCUT2D eigenvalue weighted by Gasteiger charge is 2.32. The molecule has 0 aliphatic carbocycles. The van der Waals surface area contributed by atoms with Crippen molar-refractivity contribution in [2.75, 3.05) is 19.0 Å². The lowest BCUT2D eigenvalue weighted by atomic mass is 9.89. The highest BCUT2D eigenvalue weighted by Crippen LogP contribution is 2.40. The van der Waals surface area contributed by atoms with Crippen LogP contribution in [0.25, 0.3) is 5.69 Å². The van der Waals surface area contributed by atoms with E-state index in [0.29, 0.717) is 28.7 Å². The van der Waals surface area contributed by atoms with Gasteiger partial charge >= 0.3 is 0 Å². The van der Waals surface area contributed by atoms with Gasteiger partial charge in [-0.3, -0.25) is 14.2 Å². The molecule has 1 aromatic heterocycles. The SMILES string of the molecule is COc1cc([C@@H]2CC(=O)Nc3c2ncn3-c2ccccc2F)ccc1OCC(N)=O. The Balaban J connectivity index is 1.73. The quantitative estimate of drug-likeness (QED) is 0.649. The molecule has 8 nitrogen and oxygen atoms in total. The van der Waals surface area contributed by atoms with Crippen molar-refractivity contribution in [1.82, 2.24) is 9.55 Å². The van der Waals surface area contributed by atoms with E-state index in [1.807, 2.05) is 0 Å². The fourth-order valence-corrected chi connectivity index (χ4v) is 3.48. The predicted octanol–water partition coefficient (Wildman–Crippen LogP) is 2.36. The number of fused-ring (bicyclic) bond motifs is 1. The van der Waals surface area contributed by atoms with Crippen LogP contribution in [0, 0.1) is 5.82 Å². The number of para-hydroxylation sites is 1. The fraction of sp³-hybridized carbons (Fsp3) is 0.190. The lowest BCUT2D eigenvalue weighted by molar-refractivity contribution is -0.120. The Morgan fingerprint density at radius 2 is 2.10 bits per heavy atom. The number of benzene rings is 2. The van der Waals surface area contributed by atoms with E-state index >= 15 is 0 Å². The monoisotopic (exact) mass is 410 g/mol. The Hall–Kier alpha value is -3.88. The van der Waals surface area contributed by atoms with E-state index in [4.69, 9.17) is 15.2 Å². The van der Waals surface area contributed by atoms with E-state index in [1.165, 1.54) is 24.1 Å². The molecule has 2 amide bonds. The molecule has 1 aliphatic heterocycles. The first kappa shape index (κ1) is 19.4. The minimum atomic E-state index is -0.603. The molecule has 2 heterocycles. The van der Waals surface area contributed by atoms with E-state index in [1.54, 1.807) is 36.4 Å². The summed E-state index contributed by atoms with van der Waals surface area (Å²) in [4.78, 5) is 27.9. The normalized spacial score (nSPS) is 15.3. The van der Waals surface area contributed by atoms with E-state index < -0.39 is 11.7 Å². The van der Waals surface area contributed by atoms with Crippen molar-refractivity contribution in [1.29, 1.82) is 0 Å². The molecule has 0 fully saturated rings. The first-order valence-electron chi connectivity index (χ1n) is 9.19. The second kappa shape index (κ2) is 7.86. The van der Waals surface area contributed by atoms with Crippen molar-refractivity contribution in [2.45, 2.75) is 12.3 Å². The van der Waals surface area contributed by atoms with Crippen molar-refractivity contribution in [3.63, 3.8) is 0 Å². The molecule has 0 saturated heterocycles. The number of rotatable bonds is 6. The van der Waals surface area contributed by atoms with Gasteiger partial charge in [-0.2, -0.15) is 0 Å². The summed E-state index contributed by atoms with van der Waals surface area (Å²) in [5.41, 5.74) is 6.80. The van der Waals surface area contributed by atoms with Crippen LogP contribution >= 0.6 is 0 Å². The molecule has 3 N–H and O–H groups in total. The molecular formula is C21H19FN4O4. The smallest absolute Gasteiger partial charge is 0.255 e. The van der Waals surface area contributed by atoms with Gasteiger partial charge in [-0.1, -0.05) is 18.2 Å². The maximum absolute atomic E-state index is 14.3. The average molecular weight is 410 g/mol. The van der Waals surface area contributed by atoms with Gasteiger partial charge in [0.15, 0.2) is 18.1 Å². The number of nitrogens with one attached hydrogen (secondary N) is 1. The molecule has 1 atom stereocenters. The maximum atomic E-state index is 14.3. The number of hydrogen-bond donors (Lipinski definition) is 2. The molecule has 2 aromatic carbocycles. The number of primary amides is 1. The number of nitrogens with two attached hydrogens (primary N) is 1. The first-order chi connectivity index (χ1) is 14.5. The average Bonchev–Trinajstić information content (AvgIpc) is 3.15. The zero-order valence-electron chi connectivity index (χ0n) is 16.1. The number of amides is 2. The summed E-state index contributed by atoms with van der Waals surface area (Å²) in [7, 11) is 1.47. The summed E-state index contributed by atoms with van der Waals surface area (Å²) in [5.74, 6) is -0.416. The summed E-state index contributed by atoms with van der Waals surface area (Å²) in [6.07, 6.45) is 1.66. The van der Waals surface area contributed by atoms with Gasteiger partial charge in [0.05, 0.1) is 18.5 Å². The molecule has 4 rings (SSSR count). The molecule has 3 aromatic rings. The van der Waals surface area contributed by atoms with Gasteiger partial charge in [0.25, 0.3) is 5.91 Å². The first-order valence-corrected chi connectivity index (χ1v) is 9.19. The van der Waals surface area contributed by atoms with E-state index in [2.05, 4.69) is 10.3 Å². The van der Waals surface area contributed by atoms with Crippen molar-refractivity contribution in [3.8, 4) is 17.2 Å². The Morgan fingerprint density at radius 3 is 2.83 bits per heavy atom. The predicted molar refractivity (Wildman–Crippen MR) is 106 cm³/mol. The summed E-state index contributed by atoms with van der Waals surface area (Å²) in [6, 6.07) is 11.4. The zero-order chi connectivity index (χ0) is 21.3. The summed E-state index contributed by atoms with van der Waals surface area (Å²) >= 11 is 0. The Labute approximate surface area is 171 Å². The van der Waals surface area contributed by atoms with E-state index in [-0.39, 0.29) is 24.9 Å². The topological polar surface area (TPSA) is 108 Å². The molecule has 0 bridgehead atoms. The highest BCUT2D eigenvalue weighted by molar-refractivity contribution is 5.94. The molecule has 0 saturated carbocycles. The van der Waals surface area contributed by atoms with Gasteiger partial charge in [-0.05, 0) is 29.8 Å². The number of ether oxygens (including phenoxy) is 2. The molecule has 30 heavy (non-hydrogen) atoms. The number of aromatic nitrogens is 2. The number of methoxy groups -OCH3 is 1. The highest BCUT2D eigenvalue weighted by atomic mass is 19.1. The lowest BCUT2D eigenvalue weighted by Gasteiger charge is -2.24. The third-order valence-electron chi connectivity index (χ3n) is 4.85. The number of imidazole rings is 1. The maximum Gasteiger partial charge on any atom is 0.255 e. The number of anilines is 1. The van der Waals surface area contributed by atoms with Crippen LogP contribution in [0.15, 0.2) is 48.8 Å². The van der Waals surface area contributed by atoms with Crippen LogP contribution < -0.4 is 20.5 Å². The number of carbonyl (C=O) groups is 2. The van der Waals surface area contributed by atoms with Crippen LogP contribution in [0.2, 0.25) is 0 Å². The third kappa shape index (κ3) is 3.57. The summed E-state index contributed by atoms with van der Waals surface area (Å²) < 4.78 is 26.5. The molecule has 154 valence electrons. The Morgan fingerprint density at radius 1 is 1.30 bits per heavy atom. The van der Waals surface area contributed by atoms with Crippen molar-refractivity contribution >= 4 is 17.6 Å². The van der Waals surface area contributed by atoms with Crippen LogP contribution in [0.4, 0.5) is 10.2 Å². The van der Waals surface area contributed by atoms with E-state index in [9.17, 15) is 14.0 Å². The number of hydrogen-bond acceptors (Lipinski definition) is 5. The minimum Gasteiger partial charge on any atom is -0.493 e. The largest absolute Gasteiger partial charge is 0.493 e. The molecular weight excluding hydrogens is 391 g/mol. The molecule has 0 unspecified atom stereocenters. The second-order valence-corrected chi connectivity index (χ2v) is 6.77. The molecule has 0 spiro atoms. The van der Waals surface area contributed by atoms with Crippen molar-refractivity contribution < 1.29 is 23.5 Å². The van der Waals surface area contributed by atoms with Gasteiger partial charge in [0, 0.05) is 12.3 Å². The van der Waals surface area contributed by atoms with Crippen LogP contribution in [0.1, 0.15) is 23.6 Å². The number of halogens is 1. The van der Waals surface area contributed by atoms with Crippen LogP contribution in [-0.2, 0) is 9.59 Å². The van der Waals surface area contributed by atoms with Gasteiger partial charge in [0.2, 0.25) is 5.91 Å². The summed E-state index contributed by atoms with van der Waals surface area (Å²) in [5, 5.41) is 2.79. The molecule has 0 radical (unpaired) electrons. The van der Waals surface area contributed by atoms with E-state index in [0.717, 1.165) is 5.56 Å². The Kier molecular flexibility index (Phi) is 5.09. The number of nitrogens with zero attached hydrogens (tertiary/aromatic N) is 2. The van der Waals surface area contributed by atoms with Gasteiger partial charge in [-0.25, -0.2) is 9.37 Å².